The molecule has 0 aliphatic heterocycles. The van der Waals surface area contributed by atoms with E-state index in [0.29, 0.717) is 7.25 Å². The van der Waals surface area contributed by atoms with E-state index in [1.165, 1.54) is 80.4 Å². The molecule has 240 valence electrons. The number of halogens is 2. The normalized spacial score (nSPS) is 20.8. The molecule has 2 atom stereocenters. The Labute approximate surface area is 309 Å². The van der Waals surface area contributed by atoms with Crippen LogP contribution in [0.3, 0.4) is 0 Å². The first-order valence-electron chi connectivity index (χ1n) is 17.4. The molecule has 0 N–H and O–H groups in total. The van der Waals surface area contributed by atoms with E-state index in [9.17, 15) is 0 Å². The molecular weight excluding hydrogens is 729 g/mol. The summed E-state index contributed by atoms with van der Waals surface area (Å²) < 4.78 is 1.30. The van der Waals surface area contributed by atoms with Gasteiger partial charge in [-0.05, 0) is 0 Å². The van der Waals surface area contributed by atoms with Gasteiger partial charge in [-0.3, -0.25) is 0 Å². The van der Waals surface area contributed by atoms with Crippen LogP contribution >= 0.6 is 15.8 Å². The van der Waals surface area contributed by atoms with E-state index in [1.54, 1.807) is 22.0 Å². The van der Waals surface area contributed by atoms with Crippen LogP contribution in [0.1, 0.15) is 93.7 Å². The van der Waals surface area contributed by atoms with Crippen LogP contribution < -0.4 is 35.4 Å². The van der Waals surface area contributed by atoms with Crippen molar-refractivity contribution >= 4 is 38.6 Å². The number of hydrogen-bond donors (Lipinski definition) is 0. The van der Waals surface area contributed by atoms with Crippen molar-refractivity contribution in [1.29, 1.82) is 0 Å². The second kappa shape index (κ2) is 16.6. The van der Waals surface area contributed by atoms with Gasteiger partial charge >= 0.3 is 287 Å². The van der Waals surface area contributed by atoms with Gasteiger partial charge in [-0.1, -0.05) is 0 Å². The van der Waals surface area contributed by atoms with Crippen molar-refractivity contribution in [3.63, 3.8) is 0 Å². The zero-order valence-electron chi connectivity index (χ0n) is 27.1. The van der Waals surface area contributed by atoms with Crippen molar-refractivity contribution in [1.82, 2.24) is 0 Å². The van der Waals surface area contributed by atoms with E-state index in [2.05, 4.69) is 121 Å². The summed E-state index contributed by atoms with van der Waals surface area (Å²) in [6, 6.07) is 42.0. The van der Waals surface area contributed by atoms with Gasteiger partial charge in [0.2, 0.25) is 0 Å². The molecule has 4 aromatic carbocycles. The third-order valence-electron chi connectivity index (χ3n) is 10.7. The molecule has 0 bridgehead atoms. The molecule has 4 aliphatic carbocycles. The molecule has 0 radical (unpaired) electrons. The van der Waals surface area contributed by atoms with Gasteiger partial charge in [0.05, 0.1) is 0 Å². The maximum absolute atomic E-state index is 2.78. The van der Waals surface area contributed by atoms with Crippen LogP contribution in [0, 0.1) is 0 Å². The fourth-order valence-electron chi connectivity index (χ4n) is 8.59. The maximum atomic E-state index is 2.78. The molecule has 0 nitrogen and oxygen atoms in total. The quantitative estimate of drug-likeness (QED) is 0.207. The number of allylic oxidation sites excluding steroid dienone is 2. The first-order valence-corrected chi connectivity index (χ1v) is 23.1. The predicted molar refractivity (Wildman–Crippen MR) is 194 cm³/mol. The maximum Gasteiger partial charge on any atom is -1.00 e. The zero-order chi connectivity index (χ0) is 30.0. The van der Waals surface area contributed by atoms with Gasteiger partial charge in [-0.2, -0.15) is 0 Å². The Kier molecular flexibility index (Phi) is 12.5. The van der Waals surface area contributed by atoms with Gasteiger partial charge in [0.1, 0.15) is 0 Å². The Hall–Kier alpha value is -1.32. The third-order valence-corrected chi connectivity index (χ3v) is 22.7. The Bertz CT molecular complexity index is 1620. The van der Waals surface area contributed by atoms with Crippen LogP contribution in [0.2, 0.25) is 0 Å². The second-order valence-corrected chi connectivity index (χ2v) is 22.1. The number of rotatable bonds is 8. The molecule has 5 heteroatoms. The van der Waals surface area contributed by atoms with Crippen molar-refractivity contribution in [2.24, 2.45) is 0 Å². The van der Waals surface area contributed by atoms with E-state index >= 15 is 0 Å². The summed E-state index contributed by atoms with van der Waals surface area (Å²) in [6.45, 7) is 0. The molecule has 0 saturated heterocycles. The minimum atomic E-state index is -1.03. The summed E-state index contributed by atoms with van der Waals surface area (Å²) in [5, 5.41) is 6.66. The molecule has 0 heterocycles. The largest absolute Gasteiger partial charge is 1.00 e. The second-order valence-electron chi connectivity index (χ2n) is 13.4. The van der Waals surface area contributed by atoms with E-state index in [-0.39, 0.29) is 32.7 Å². The van der Waals surface area contributed by atoms with Gasteiger partial charge in [-0.15, -0.1) is 0 Å². The summed E-state index contributed by atoms with van der Waals surface area (Å²) in [5.74, 6) is 0. The van der Waals surface area contributed by atoms with Crippen LogP contribution in [0.15, 0.2) is 120 Å². The average molecular weight is 773 g/mol. The Balaban J connectivity index is 0.00000193. The molecule has 4 aromatic rings. The molecule has 4 aliphatic rings. The van der Waals surface area contributed by atoms with Gasteiger partial charge in [0.25, 0.3) is 0 Å². The summed E-state index contributed by atoms with van der Waals surface area (Å²) in [6.07, 6.45) is 20.1. The number of hydrogen-bond acceptors (Lipinski definition) is 0. The number of fused-ring (bicyclic) bond motifs is 2. The van der Waals surface area contributed by atoms with Gasteiger partial charge in [-0.25, -0.2) is 0 Å². The molecule has 0 aromatic heterocycles. The topological polar surface area (TPSA) is 0 Å². The molecule has 2 unspecified atom stereocenters. The zero-order valence-corrected chi connectivity index (χ0v) is 32.8. The Morgan fingerprint density at radius 1 is 0.447 bits per heavy atom. The molecule has 2 fully saturated rings. The number of benzene rings is 4. The van der Waals surface area contributed by atoms with Crippen molar-refractivity contribution < 1.29 is 48.0 Å². The fraction of sp³-hybridized carbons (Fsp3) is 0.333. The van der Waals surface area contributed by atoms with Crippen molar-refractivity contribution in [2.75, 3.05) is 0 Å². The van der Waals surface area contributed by atoms with Crippen LogP contribution in [0.4, 0.5) is 0 Å². The minimum Gasteiger partial charge on any atom is -1.00 e. The van der Waals surface area contributed by atoms with Crippen LogP contribution in [-0.4, -0.2) is 11.3 Å². The molecule has 2 saturated carbocycles. The van der Waals surface area contributed by atoms with Crippen LogP contribution in [0.25, 0.3) is 12.2 Å². The first-order chi connectivity index (χ1) is 22.3. The van der Waals surface area contributed by atoms with Crippen molar-refractivity contribution in [3.8, 4) is 0 Å². The average Bonchev–Trinajstić information content (AvgIpc) is 3.65. The van der Waals surface area contributed by atoms with Gasteiger partial charge in [0, 0.05) is 0 Å². The van der Waals surface area contributed by atoms with E-state index in [1.807, 2.05) is 5.31 Å². The Morgan fingerprint density at radius 3 is 1.34 bits per heavy atom. The minimum absolute atomic E-state index is 0. The van der Waals surface area contributed by atoms with E-state index in [0.717, 1.165) is 11.3 Å². The molecule has 47 heavy (non-hydrogen) atoms. The molecule has 0 spiro atoms. The molecular formula is C42H44Cl2P2Zr. The third kappa shape index (κ3) is 7.43. The summed E-state index contributed by atoms with van der Waals surface area (Å²) in [7, 11) is -0.689. The monoisotopic (exact) mass is 770 g/mol. The van der Waals surface area contributed by atoms with E-state index in [4.69, 9.17) is 0 Å². The summed E-state index contributed by atoms with van der Waals surface area (Å²) >= 11 is -1.03. The van der Waals surface area contributed by atoms with Crippen molar-refractivity contribution in [2.45, 2.75) is 82.8 Å². The van der Waals surface area contributed by atoms with Crippen LogP contribution in [0.5, 0.6) is 0 Å². The van der Waals surface area contributed by atoms with E-state index < -0.39 is 31.2 Å². The molecule has 0 amide bonds. The Morgan fingerprint density at radius 2 is 0.851 bits per heavy atom. The predicted octanol–water partition coefficient (Wildman–Crippen LogP) is 5.55. The molecule has 8 rings (SSSR count). The van der Waals surface area contributed by atoms with Crippen molar-refractivity contribution in [3.05, 3.63) is 142 Å². The smallest absolute Gasteiger partial charge is 1.00 e. The van der Waals surface area contributed by atoms with Gasteiger partial charge in [0.15, 0.2) is 0 Å². The standard InChI is InChI=1S/C21H28P.C21H16P.2ClH.Zr/c2*1-3-11-19(12-4-1)22(20-13-5-2-6-14-20)21-15-17-9-7-8-10-18(17)16-21;;;/h7-10,15-16,19-20H,1-6,11-14H2;1-16H;2*1H;/q;;;;+2/p-2. The van der Waals surface area contributed by atoms with Crippen LogP contribution in [-0.2, 0) is 23.2 Å². The summed E-state index contributed by atoms with van der Waals surface area (Å²) in [4.78, 5) is 0. The van der Waals surface area contributed by atoms with Gasteiger partial charge < -0.3 is 24.8 Å². The first kappa shape index (κ1) is 35.5. The fourth-order valence-corrected chi connectivity index (χ4v) is 22.3. The SMILES string of the molecule is C1=C(P(c2ccccc2)c2ccccc2)[CH]([Zr+2][CH]2C(P(C3CCCCC3)C3CCCCC3)=Cc3ccccc32)c2ccccc21.[Cl-].[Cl-]. The summed E-state index contributed by atoms with van der Waals surface area (Å²) in [5.41, 5.74) is 8.26.